The van der Waals surface area contributed by atoms with E-state index in [1.54, 1.807) is 43.3 Å². The number of carbonyl (C=O) groups excluding carboxylic acids is 3. The van der Waals surface area contributed by atoms with E-state index in [-0.39, 0.29) is 29.6 Å². The number of rotatable bonds is 6. The van der Waals surface area contributed by atoms with E-state index in [0.717, 1.165) is 5.56 Å². The third-order valence-corrected chi connectivity index (χ3v) is 5.02. The molecule has 0 radical (unpaired) electrons. The molecule has 0 aliphatic heterocycles. The van der Waals surface area contributed by atoms with Gasteiger partial charge in [0.1, 0.15) is 5.75 Å². The molecule has 3 aromatic rings. The molecule has 7 heteroatoms. The Morgan fingerprint density at radius 1 is 0.735 bits per heavy atom. The zero-order valence-electron chi connectivity index (χ0n) is 19.7. The van der Waals surface area contributed by atoms with Crippen LogP contribution >= 0.6 is 0 Å². The molecule has 0 unspecified atom stereocenters. The molecule has 2 amide bonds. The summed E-state index contributed by atoms with van der Waals surface area (Å²) in [5.41, 5.74) is 2.94. The number of para-hydroxylation sites is 2. The molecule has 0 aliphatic rings. The summed E-state index contributed by atoms with van der Waals surface area (Å²) in [6, 6.07) is 20.5. The van der Waals surface area contributed by atoms with Gasteiger partial charge < -0.3 is 20.1 Å². The molecule has 0 saturated heterocycles. The summed E-state index contributed by atoms with van der Waals surface area (Å²) in [4.78, 5) is 36.9. The van der Waals surface area contributed by atoms with E-state index in [1.165, 1.54) is 24.3 Å². The lowest BCUT2D eigenvalue weighted by Crippen LogP contribution is -2.17. The second kappa shape index (κ2) is 10.7. The normalized spacial score (nSPS) is 10.8. The third kappa shape index (κ3) is 6.45. The van der Waals surface area contributed by atoms with E-state index in [1.807, 2.05) is 12.1 Å². The Kier molecular flexibility index (Phi) is 7.68. The summed E-state index contributed by atoms with van der Waals surface area (Å²) in [5.74, 6) is -0.387. The lowest BCUT2D eigenvalue weighted by Gasteiger charge is -2.19. The summed E-state index contributed by atoms with van der Waals surface area (Å²) >= 11 is 0. The fourth-order valence-corrected chi connectivity index (χ4v) is 3.13. The van der Waals surface area contributed by atoms with Crippen LogP contribution in [0, 0.1) is 0 Å². The molecule has 34 heavy (non-hydrogen) atoms. The van der Waals surface area contributed by atoms with Crippen molar-refractivity contribution in [2.75, 3.05) is 17.2 Å². The second-order valence-electron chi connectivity index (χ2n) is 8.59. The molecular weight excluding hydrogens is 432 g/mol. The Labute approximate surface area is 199 Å². The second-order valence-corrected chi connectivity index (χ2v) is 8.59. The molecule has 0 aromatic heterocycles. The molecule has 0 bridgehead atoms. The van der Waals surface area contributed by atoms with Crippen LogP contribution in [-0.2, 0) is 10.2 Å². The van der Waals surface area contributed by atoms with Gasteiger partial charge in [-0.05, 0) is 66.4 Å². The van der Waals surface area contributed by atoms with Crippen molar-refractivity contribution in [1.29, 1.82) is 0 Å². The first-order chi connectivity index (χ1) is 16.2. The van der Waals surface area contributed by atoms with Crippen molar-refractivity contribution >= 4 is 29.3 Å². The molecule has 0 atom stereocenters. The first-order valence-electron chi connectivity index (χ1n) is 10.9. The Bertz CT molecular complexity index is 1160. The van der Waals surface area contributed by atoms with Crippen molar-refractivity contribution in [3.8, 4) is 5.75 Å². The number of amides is 2. The predicted octanol–water partition coefficient (Wildman–Crippen LogP) is 6.02. The molecule has 7 nitrogen and oxygen atoms in total. The number of anilines is 2. The van der Waals surface area contributed by atoms with E-state index in [9.17, 15) is 14.4 Å². The van der Waals surface area contributed by atoms with E-state index < -0.39 is 6.16 Å². The van der Waals surface area contributed by atoms with E-state index in [4.69, 9.17) is 9.47 Å². The summed E-state index contributed by atoms with van der Waals surface area (Å²) in [5, 5.41) is 5.67. The lowest BCUT2D eigenvalue weighted by atomic mass is 9.87. The van der Waals surface area contributed by atoms with Crippen LogP contribution in [0.25, 0.3) is 0 Å². The zero-order valence-corrected chi connectivity index (χ0v) is 19.7. The fourth-order valence-electron chi connectivity index (χ4n) is 3.13. The molecule has 2 N–H and O–H groups in total. The minimum Gasteiger partial charge on any atom is -0.434 e. The molecule has 0 saturated carbocycles. The third-order valence-electron chi connectivity index (χ3n) is 5.02. The van der Waals surface area contributed by atoms with Crippen LogP contribution in [0.2, 0.25) is 0 Å². The van der Waals surface area contributed by atoms with E-state index in [0.29, 0.717) is 22.5 Å². The summed E-state index contributed by atoms with van der Waals surface area (Å²) in [6.45, 7) is 8.22. The highest BCUT2D eigenvalue weighted by atomic mass is 16.7. The van der Waals surface area contributed by atoms with Gasteiger partial charge in [-0.2, -0.15) is 0 Å². The minimum absolute atomic E-state index is 0.00493. The highest BCUT2D eigenvalue weighted by Crippen LogP contribution is 2.25. The van der Waals surface area contributed by atoms with Crippen molar-refractivity contribution in [1.82, 2.24) is 0 Å². The van der Waals surface area contributed by atoms with Gasteiger partial charge in [0.2, 0.25) is 0 Å². The summed E-state index contributed by atoms with van der Waals surface area (Å²) in [7, 11) is 0. The van der Waals surface area contributed by atoms with Crippen molar-refractivity contribution in [3.63, 3.8) is 0 Å². The van der Waals surface area contributed by atoms with Gasteiger partial charge in [0.25, 0.3) is 11.8 Å². The maximum atomic E-state index is 12.8. The topological polar surface area (TPSA) is 93.7 Å². The number of hydrogen-bond acceptors (Lipinski definition) is 5. The van der Waals surface area contributed by atoms with Crippen LogP contribution in [0.15, 0.2) is 72.8 Å². The van der Waals surface area contributed by atoms with Crippen LogP contribution in [0.3, 0.4) is 0 Å². The average molecular weight is 461 g/mol. The highest BCUT2D eigenvalue weighted by Gasteiger charge is 2.16. The van der Waals surface area contributed by atoms with Gasteiger partial charge in [0.15, 0.2) is 0 Å². The van der Waals surface area contributed by atoms with Gasteiger partial charge in [0.05, 0.1) is 18.0 Å². The van der Waals surface area contributed by atoms with Crippen molar-refractivity contribution in [2.45, 2.75) is 33.1 Å². The minimum atomic E-state index is -0.808. The largest absolute Gasteiger partial charge is 0.513 e. The molecule has 3 rings (SSSR count). The molecule has 0 heterocycles. The summed E-state index contributed by atoms with van der Waals surface area (Å²) in [6.07, 6.45) is -0.808. The van der Waals surface area contributed by atoms with Crippen LogP contribution in [0.4, 0.5) is 16.2 Å². The van der Waals surface area contributed by atoms with Crippen molar-refractivity contribution in [2.24, 2.45) is 0 Å². The van der Waals surface area contributed by atoms with Crippen molar-refractivity contribution < 1.29 is 23.9 Å². The molecule has 0 fully saturated rings. The van der Waals surface area contributed by atoms with Crippen molar-refractivity contribution in [3.05, 3.63) is 89.5 Å². The Balaban J connectivity index is 1.68. The summed E-state index contributed by atoms with van der Waals surface area (Å²) < 4.78 is 9.72. The maximum absolute atomic E-state index is 12.8. The Hall–Kier alpha value is -4.13. The number of nitrogens with one attached hydrogen (secondary N) is 2. The number of carbonyl (C=O) groups is 3. The maximum Gasteiger partial charge on any atom is 0.513 e. The predicted molar refractivity (Wildman–Crippen MR) is 132 cm³/mol. The standard InChI is InChI=1S/C27H28N2O5/c1-5-33-26(32)34-21-16-12-19(13-17-21)25(31)29-23-9-7-6-8-22(23)28-24(30)18-10-14-20(15-11-18)27(2,3)4/h6-17H,5H2,1-4H3,(H,28,30)(H,29,31). The quantitative estimate of drug-likeness (QED) is 0.346. The van der Waals surface area contributed by atoms with Gasteiger partial charge in [-0.3, -0.25) is 9.59 Å². The molecule has 176 valence electrons. The average Bonchev–Trinajstić information content (AvgIpc) is 2.80. The van der Waals surface area contributed by atoms with Crippen LogP contribution in [-0.4, -0.2) is 24.6 Å². The lowest BCUT2D eigenvalue weighted by molar-refractivity contribution is 0.101. The van der Waals surface area contributed by atoms with Gasteiger partial charge in [-0.25, -0.2) is 4.79 Å². The molecule has 3 aromatic carbocycles. The number of benzene rings is 3. The van der Waals surface area contributed by atoms with E-state index in [2.05, 4.69) is 31.4 Å². The molecule has 0 spiro atoms. The Morgan fingerprint density at radius 2 is 1.21 bits per heavy atom. The molecular formula is C27H28N2O5. The number of hydrogen-bond donors (Lipinski definition) is 2. The van der Waals surface area contributed by atoms with Gasteiger partial charge >= 0.3 is 6.16 Å². The number of ether oxygens (including phenoxy) is 2. The fraction of sp³-hybridized carbons (Fsp3) is 0.222. The van der Waals surface area contributed by atoms with Gasteiger partial charge in [-0.15, -0.1) is 0 Å². The Morgan fingerprint density at radius 3 is 1.65 bits per heavy atom. The van der Waals surface area contributed by atoms with Crippen LogP contribution in [0.1, 0.15) is 54.0 Å². The van der Waals surface area contributed by atoms with Gasteiger partial charge in [-0.1, -0.05) is 45.0 Å². The highest BCUT2D eigenvalue weighted by molar-refractivity contribution is 6.10. The SMILES string of the molecule is CCOC(=O)Oc1ccc(C(=O)Nc2ccccc2NC(=O)c2ccc(C(C)(C)C)cc2)cc1. The van der Waals surface area contributed by atoms with E-state index >= 15 is 0 Å². The first kappa shape index (κ1) is 24.5. The first-order valence-corrected chi connectivity index (χ1v) is 10.9. The van der Waals surface area contributed by atoms with Crippen LogP contribution in [0.5, 0.6) is 5.75 Å². The van der Waals surface area contributed by atoms with Gasteiger partial charge in [0, 0.05) is 11.1 Å². The zero-order chi connectivity index (χ0) is 24.7. The van der Waals surface area contributed by atoms with Crippen LogP contribution < -0.4 is 15.4 Å². The molecule has 0 aliphatic carbocycles. The smallest absolute Gasteiger partial charge is 0.434 e. The monoisotopic (exact) mass is 460 g/mol.